The first-order chi connectivity index (χ1) is 8.91. The third-order valence-electron chi connectivity index (χ3n) is 3.42. The number of hydrogen-bond donors (Lipinski definition) is 2. The highest BCUT2D eigenvalue weighted by Crippen LogP contribution is 2.30. The molecule has 0 amide bonds. The van der Waals surface area contributed by atoms with E-state index in [2.05, 4.69) is 50.2 Å². The van der Waals surface area contributed by atoms with Crippen molar-refractivity contribution in [1.29, 1.82) is 0 Å². The van der Waals surface area contributed by atoms with Crippen molar-refractivity contribution in [2.75, 3.05) is 23.7 Å². The Morgan fingerprint density at radius 1 is 1.11 bits per heavy atom. The molecule has 4 nitrogen and oxygen atoms in total. The molecule has 1 saturated carbocycles. The van der Waals surface area contributed by atoms with Crippen LogP contribution in [0.5, 0.6) is 0 Å². The van der Waals surface area contributed by atoms with Crippen molar-refractivity contribution in [2.24, 2.45) is 5.92 Å². The van der Waals surface area contributed by atoms with Crippen LogP contribution in [0, 0.1) is 12.8 Å². The molecular weight excluding hydrogens is 236 g/mol. The summed E-state index contributed by atoms with van der Waals surface area (Å²) in [4.78, 5) is 9.40. The van der Waals surface area contributed by atoms with Gasteiger partial charge < -0.3 is 10.6 Å². The molecule has 2 N–H and O–H groups in total. The Morgan fingerprint density at radius 3 is 2.16 bits per heavy atom. The Hall–Kier alpha value is -1.32. The second kappa shape index (κ2) is 5.35. The van der Waals surface area contributed by atoms with Crippen molar-refractivity contribution in [3.8, 4) is 0 Å². The van der Waals surface area contributed by atoms with Crippen LogP contribution in [0.4, 0.5) is 11.6 Å². The van der Waals surface area contributed by atoms with Crippen LogP contribution in [0.2, 0.25) is 0 Å². The summed E-state index contributed by atoms with van der Waals surface area (Å²) in [6.45, 7) is 12.5. The lowest BCUT2D eigenvalue weighted by Gasteiger charge is -2.21. The van der Waals surface area contributed by atoms with Crippen molar-refractivity contribution in [3.63, 3.8) is 0 Å². The van der Waals surface area contributed by atoms with E-state index < -0.39 is 0 Å². The predicted molar refractivity (Wildman–Crippen MR) is 80.8 cm³/mol. The fourth-order valence-corrected chi connectivity index (χ4v) is 1.93. The van der Waals surface area contributed by atoms with Crippen LogP contribution in [0.1, 0.15) is 51.9 Å². The van der Waals surface area contributed by atoms with E-state index >= 15 is 0 Å². The summed E-state index contributed by atoms with van der Waals surface area (Å²) in [5.74, 6) is 3.69. The first-order valence-corrected chi connectivity index (χ1v) is 7.28. The summed E-state index contributed by atoms with van der Waals surface area (Å²) >= 11 is 0. The van der Waals surface area contributed by atoms with Crippen molar-refractivity contribution in [2.45, 2.75) is 52.9 Å². The van der Waals surface area contributed by atoms with Gasteiger partial charge in [0.15, 0.2) is 0 Å². The zero-order valence-electron chi connectivity index (χ0n) is 12.8. The zero-order valence-corrected chi connectivity index (χ0v) is 12.8. The van der Waals surface area contributed by atoms with Crippen LogP contribution in [-0.2, 0) is 5.41 Å². The largest absolute Gasteiger partial charge is 0.370 e. The first-order valence-electron chi connectivity index (χ1n) is 7.28. The molecule has 1 heterocycles. The van der Waals surface area contributed by atoms with E-state index in [0.717, 1.165) is 42.0 Å². The molecule has 0 radical (unpaired) electrons. The van der Waals surface area contributed by atoms with E-state index in [1.807, 2.05) is 0 Å². The maximum absolute atomic E-state index is 4.72. The molecule has 1 aliphatic carbocycles. The van der Waals surface area contributed by atoms with Gasteiger partial charge in [-0.15, -0.1) is 0 Å². The van der Waals surface area contributed by atoms with E-state index in [4.69, 9.17) is 4.98 Å². The standard InChI is InChI=1S/C15H26N4/c1-6-16-12-10(2)13(17-9-11-7-8-11)19-14(18-12)15(3,4)5/h11H,6-9H2,1-5H3,(H2,16,17,18,19). The van der Waals surface area contributed by atoms with Gasteiger partial charge in [0, 0.05) is 24.1 Å². The molecule has 0 aliphatic heterocycles. The lowest BCUT2D eigenvalue weighted by atomic mass is 9.95. The van der Waals surface area contributed by atoms with E-state index in [-0.39, 0.29) is 5.41 Å². The van der Waals surface area contributed by atoms with Gasteiger partial charge in [-0.3, -0.25) is 0 Å². The molecule has 0 spiro atoms. The van der Waals surface area contributed by atoms with Gasteiger partial charge in [-0.2, -0.15) is 0 Å². The van der Waals surface area contributed by atoms with E-state index in [9.17, 15) is 0 Å². The summed E-state index contributed by atoms with van der Waals surface area (Å²) in [7, 11) is 0. The molecule has 1 aromatic rings. The van der Waals surface area contributed by atoms with Gasteiger partial charge in [-0.05, 0) is 32.6 Å². The van der Waals surface area contributed by atoms with Crippen molar-refractivity contribution < 1.29 is 0 Å². The van der Waals surface area contributed by atoms with E-state index in [0.29, 0.717) is 0 Å². The van der Waals surface area contributed by atoms with Crippen LogP contribution in [0.15, 0.2) is 0 Å². The normalized spacial score (nSPS) is 15.4. The summed E-state index contributed by atoms with van der Waals surface area (Å²) in [5.41, 5.74) is 1.09. The average Bonchev–Trinajstić information content (AvgIpc) is 3.13. The molecule has 0 unspecified atom stereocenters. The van der Waals surface area contributed by atoms with Gasteiger partial charge >= 0.3 is 0 Å². The lowest BCUT2D eigenvalue weighted by molar-refractivity contribution is 0.546. The van der Waals surface area contributed by atoms with Gasteiger partial charge in [-0.25, -0.2) is 9.97 Å². The Bertz CT molecular complexity index is 444. The number of nitrogens with one attached hydrogen (secondary N) is 2. The molecule has 4 heteroatoms. The molecule has 0 saturated heterocycles. The molecule has 2 rings (SSSR count). The second-order valence-corrected chi connectivity index (χ2v) is 6.47. The second-order valence-electron chi connectivity index (χ2n) is 6.47. The van der Waals surface area contributed by atoms with Crippen LogP contribution in [-0.4, -0.2) is 23.1 Å². The monoisotopic (exact) mass is 262 g/mol. The molecule has 0 bridgehead atoms. The summed E-state index contributed by atoms with van der Waals surface area (Å²) < 4.78 is 0. The number of hydrogen-bond acceptors (Lipinski definition) is 4. The zero-order chi connectivity index (χ0) is 14.0. The van der Waals surface area contributed by atoms with Crippen LogP contribution in [0.25, 0.3) is 0 Å². The Labute approximate surface area is 116 Å². The number of rotatable bonds is 5. The topological polar surface area (TPSA) is 49.8 Å². The molecule has 19 heavy (non-hydrogen) atoms. The van der Waals surface area contributed by atoms with Crippen molar-refractivity contribution in [1.82, 2.24) is 9.97 Å². The third kappa shape index (κ3) is 3.58. The highest BCUT2D eigenvalue weighted by molar-refractivity contribution is 5.57. The van der Waals surface area contributed by atoms with Crippen molar-refractivity contribution >= 4 is 11.6 Å². The maximum Gasteiger partial charge on any atom is 0.138 e. The van der Waals surface area contributed by atoms with Gasteiger partial charge in [0.25, 0.3) is 0 Å². The minimum atomic E-state index is -0.0338. The van der Waals surface area contributed by atoms with Gasteiger partial charge in [0.2, 0.25) is 0 Å². The maximum atomic E-state index is 4.72. The summed E-state index contributed by atoms with van der Waals surface area (Å²) in [6.07, 6.45) is 2.70. The quantitative estimate of drug-likeness (QED) is 0.854. The molecule has 0 aromatic carbocycles. The van der Waals surface area contributed by atoms with E-state index in [1.54, 1.807) is 0 Å². The Kier molecular flexibility index (Phi) is 3.97. The molecule has 106 valence electrons. The molecule has 1 aromatic heterocycles. The number of anilines is 2. The smallest absolute Gasteiger partial charge is 0.138 e. The fraction of sp³-hybridized carbons (Fsp3) is 0.733. The van der Waals surface area contributed by atoms with Gasteiger partial charge in [-0.1, -0.05) is 20.8 Å². The van der Waals surface area contributed by atoms with Gasteiger partial charge in [0.05, 0.1) is 0 Å². The lowest BCUT2D eigenvalue weighted by Crippen LogP contribution is -2.20. The molecule has 0 atom stereocenters. The number of aromatic nitrogens is 2. The van der Waals surface area contributed by atoms with Crippen LogP contribution < -0.4 is 10.6 Å². The minimum absolute atomic E-state index is 0.0338. The Morgan fingerprint density at radius 2 is 1.68 bits per heavy atom. The molecular formula is C15H26N4. The summed E-state index contributed by atoms with van der Waals surface area (Å²) in [6, 6.07) is 0. The predicted octanol–water partition coefficient (Wildman–Crippen LogP) is 3.34. The van der Waals surface area contributed by atoms with E-state index in [1.165, 1.54) is 12.8 Å². The number of nitrogens with zero attached hydrogens (tertiary/aromatic N) is 2. The van der Waals surface area contributed by atoms with Crippen LogP contribution >= 0.6 is 0 Å². The fourth-order valence-electron chi connectivity index (χ4n) is 1.93. The molecule has 1 fully saturated rings. The third-order valence-corrected chi connectivity index (χ3v) is 3.42. The highest BCUT2D eigenvalue weighted by atomic mass is 15.1. The average molecular weight is 262 g/mol. The first kappa shape index (κ1) is 14.1. The summed E-state index contributed by atoms with van der Waals surface area (Å²) in [5, 5.41) is 6.84. The van der Waals surface area contributed by atoms with Gasteiger partial charge in [0.1, 0.15) is 17.5 Å². The highest BCUT2D eigenvalue weighted by Gasteiger charge is 2.24. The SMILES string of the molecule is CCNc1nc(C(C)(C)C)nc(NCC2CC2)c1C. The molecule has 1 aliphatic rings. The van der Waals surface area contributed by atoms with Crippen molar-refractivity contribution in [3.05, 3.63) is 11.4 Å². The Balaban J connectivity index is 2.29. The minimum Gasteiger partial charge on any atom is -0.370 e. The van der Waals surface area contributed by atoms with Crippen LogP contribution in [0.3, 0.4) is 0 Å².